The summed E-state index contributed by atoms with van der Waals surface area (Å²) in [5.74, 6) is 4.48. The van der Waals surface area contributed by atoms with E-state index in [2.05, 4.69) is 87.1 Å². The van der Waals surface area contributed by atoms with E-state index in [1.54, 1.807) is 0 Å². The molecule has 0 aromatic carbocycles. The topological polar surface area (TPSA) is 18.5 Å². The molecule has 0 aromatic heterocycles. The smallest absolute Gasteiger partial charge is 0.192 e. The molecule has 2 aliphatic rings. The average Bonchev–Trinajstić information content (AvgIpc) is 2.97. The highest BCUT2D eigenvalue weighted by atomic mass is 28.4. The lowest BCUT2D eigenvalue weighted by molar-refractivity contribution is -0.0441. The van der Waals surface area contributed by atoms with Crippen molar-refractivity contribution in [1.29, 1.82) is 0 Å². The minimum absolute atomic E-state index is 0.0451. The molecule has 2 aliphatic carbocycles. The Morgan fingerprint density at radius 2 is 1.56 bits per heavy atom. The van der Waals surface area contributed by atoms with Crippen LogP contribution in [-0.2, 0) is 8.85 Å². The van der Waals surface area contributed by atoms with Crippen LogP contribution >= 0.6 is 0 Å². The predicted molar refractivity (Wildman–Crippen MR) is 154 cm³/mol. The molecule has 0 spiro atoms. The van der Waals surface area contributed by atoms with Crippen LogP contribution < -0.4 is 0 Å². The van der Waals surface area contributed by atoms with Crippen molar-refractivity contribution in [3.05, 3.63) is 0 Å². The zero-order chi connectivity index (χ0) is 26.2. The Morgan fingerprint density at radius 3 is 2.09 bits per heavy atom. The van der Waals surface area contributed by atoms with Gasteiger partial charge < -0.3 is 8.85 Å². The van der Waals surface area contributed by atoms with Gasteiger partial charge in [0.15, 0.2) is 16.6 Å². The summed E-state index contributed by atoms with van der Waals surface area (Å²) < 4.78 is 13.6. The standard InChI is InChI=1S/C30H58O2Si2/c1-14-20-29(7,22-16-21-28(5,6)32-33(9,10)11)26-19-18-24-25(17-15-23-30(24,26)8)31-34(12,13)27(2,3)4/h1,24-26H,15-23H2,2-13H3/t24?,25-,26+,29-,30-/m0/s1. The maximum atomic E-state index is 7.10. The Kier molecular flexibility index (Phi) is 9.17. The predicted octanol–water partition coefficient (Wildman–Crippen LogP) is 9.42. The Balaban J connectivity index is 2.18. The van der Waals surface area contributed by atoms with E-state index in [0.29, 0.717) is 23.4 Å². The third-order valence-electron chi connectivity index (χ3n) is 9.77. The van der Waals surface area contributed by atoms with Gasteiger partial charge in [-0.15, -0.1) is 12.3 Å². The van der Waals surface area contributed by atoms with Crippen molar-refractivity contribution in [3.63, 3.8) is 0 Å². The second kappa shape index (κ2) is 10.3. The van der Waals surface area contributed by atoms with Gasteiger partial charge in [0.25, 0.3) is 0 Å². The molecule has 0 radical (unpaired) electrons. The van der Waals surface area contributed by atoms with Gasteiger partial charge in [-0.05, 0) is 113 Å². The zero-order valence-corrected chi connectivity index (χ0v) is 27.0. The van der Waals surface area contributed by atoms with Crippen molar-refractivity contribution < 1.29 is 8.85 Å². The van der Waals surface area contributed by atoms with E-state index in [-0.39, 0.29) is 16.1 Å². The van der Waals surface area contributed by atoms with Gasteiger partial charge in [0, 0.05) is 12.5 Å². The lowest BCUT2D eigenvalue weighted by Gasteiger charge is -2.52. The number of hydrogen-bond acceptors (Lipinski definition) is 2. The first-order valence-corrected chi connectivity index (χ1v) is 20.4. The molecule has 0 heterocycles. The summed E-state index contributed by atoms with van der Waals surface area (Å²) in [6, 6.07) is 0. The number of fused-ring (bicyclic) bond motifs is 1. The highest BCUT2D eigenvalue weighted by Crippen LogP contribution is 2.63. The summed E-state index contributed by atoms with van der Waals surface area (Å²) in [5.41, 5.74) is 0.504. The van der Waals surface area contributed by atoms with Crippen molar-refractivity contribution >= 4 is 16.6 Å². The van der Waals surface area contributed by atoms with Crippen molar-refractivity contribution in [1.82, 2.24) is 0 Å². The Hall–Kier alpha value is -0.0862. The van der Waals surface area contributed by atoms with Crippen molar-refractivity contribution in [2.24, 2.45) is 22.7 Å². The first-order valence-electron chi connectivity index (χ1n) is 14.1. The van der Waals surface area contributed by atoms with Gasteiger partial charge >= 0.3 is 0 Å². The van der Waals surface area contributed by atoms with Crippen LogP contribution in [0.25, 0.3) is 0 Å². The highest BCUT2D eigenvalue weighted by molar-refractivity contribution is 6.74. The zero-order valence-electron chi connectivity index (χ0n) is 25.0. The molecular formula is C30H58O2Si2. The van der Waals surface area contributed by atoms with Crippen LogP contribution in [0.1, 0.15) is 106 Å². The first kappa shape index (κ1) is 30.1. The highest BCUT2D eigenvalue weighted by Gasteiger charge is 2.57. The Labute approximate surface area is 216 Å². The molecule has 0 saturated heterocycles. The third-order valence-corrected chi connectivity index (χ3v) is 15.4. The molecular weight excluding hydrogens is 449 g/mol. The van der Waals surface area contributed by atoms with E-state index in [1.807, 2.05) is 0 Å². The molecule has 2 rings (SSSR count). The van der Waals surface area contributed by atoms with Crippen LogP contribution in [0.3, 0.4) is 0 Å². The molecule has 0 aromatic rings. The molecule has 0 amide bonds. The van der Waals surface area contributed by atoms with Gasteiger partial charge in [-0.2, -0.15) is 0 Å². The Morgan fingerprint density at radius 1 is 0.941 bits per heavy atom. The largest absolute Gasteiger partial charge is 0.414 e. The molecule has 4 heteroatoms. The molecule has 34 heavy (non-hydrogen) atoms. The van der Waals surface area contributed by atoms with Crippen LogP contribution in [0.5, 0.6) is 0 Å². The lowest BCUT2D eigenvalue weighted by Crippen LogP contribution is -2.51. The molecule has 0 aliphatic heterocycles. The fraction of sp³-hybridized carbons (Fsp3) is 0.933. The van der Waals surface area contributed by atoms with Gasteiger partial charge in [0.2, 0.25) is 0 Å². The number of terminal acetylenes is 1. The minimum atomic E-state index is -1.77. The van der Waals surface area contributed by atoms with E-state index in [1.165, 1.54) is 44.9 Å². The van der Waals surface area contributed by atoms with E-state index in [0.717, 1.165) is 12.8 Å². The van der Waals surface area contributed by atoms with Crippen molar-refractivity contribution in [3.8, 4) is 12.3 Å². The van der Waals surface area contributed by atoms with E-state index in [9.17, 15) is 0 Å². The van der Waals surface area contributed by atoms with Crippen LogP contribution in [0, 0.1) is 35.0 Å². The summed E-state index contributed by atoms with van der Waals surface area (Å²) in [6.45, 7) is 28.5. The lowest BCUT2D eigenvalue weighted by atomic mass is 9.56. The van der Waals surface area contributed by atoms with Crippen molar-refractivity contribution in [2.75, 3.05) is 0 Å². The maximum absolute atomic E-state index is 7.10. The van der Waals surface area contributed by atoms with Crippen LogP contribution in [0.15, 0.2) is 0 Å². The summed E-state index contributed by atoms with van der Waals surface area (Å²) in [5, 5.41) is 0.266. The molecule has 2 fully saturated rings. The maximum Gasteiger partial charge on any atom is 0.192 e. The molecule has 5 atom stereocenters. The summed E-state index contributed by atoms with van der Waals surface area (Å²) >= 11 is 0. The summed E-state index contributed by atoms with van der Waals surface area (Å²) in [6.07, 6.45) is 17.3. The van der Waals surface area contributed by atoms with Crippen LogP contribution in [-0.4, -0.2) is 28.3 Å². The summed E-state index contributed by atoms with van der Waals surface area (Å²) in [7, 11) is -3.32. The summed E-state index contributed by atoms with van der Waals surface area (Å²) in [4.78, 5) is 0. The van der Waals surface area contributed by atoms with Gasteiger partial charge in [-0.3, -0.25) is 0 Å². The van der Waals surface area contributed by atoms with Gasteiger partial charge in [0.05, 0.1) is 5.60 Å². The molecule has 0 bridgehead atoms. The van der Waals surface area contributed by atoms with Crippen LogP contribution in [0.4, 0.5) is 0 Å². The van der Waals surface area contributed by atoms with Crippen molar-refractivity contribution in [2.45, 2.75) is 156 Å². The second-order valence-corrected chi connectivity index (χ2v) is 24.6. The molecule has 198 valence electrons. The fourth-order valence-electron chi connectivity index (χ4n) is 7.38. The molecule has 1 unspecified atom stereocenters. The van der Waals surface area contributed by atoms with Gasteiger partial charge in [0.1, 0.15) is 0 Å². The van der Waals surface area contributed by atoms with E-state index >= 15 is 0 Å². The first-order chi connectivity index (χ1) is 15.3. The molecule has 2 saturated carbocycles. The van der Waals surface area contributed by atoms with E-state index < -0.39 is 16.6 Å². The normalized spacial score (nSPS) is 30.5. The Bertz CT molecular complexity index is 724. The second-order valence-electron chi connectivity index (χ2n) is 15.4. The minimum Gasteiger partial charge on any atom is -0.414 e. The van der Waals surface area contributed by atoms with Gasteiger partial charge in [-0.25, -0.2) is 0 Å². The number of hydrogen-bond donors (Lipinski definition) is 0. The SMILES string of the molecule is C#CC[C@@](C)(CCCC(C)(C)O[Si](C)(C)C)[C@H]1CCC2[C@@H](O[Si](C)(C)C(C)(C)C)CCC[C@@]21C. The average molecular weight is 507 g/mol. The molecule has 2 nitrogen and oxygen atoms in total. The van der Waals surface area contributed by atoms with Gasteiger partial charge in [-0.1, -0.05) is 47.5 Å². The van der Waals surface area contributed by atoms with E-state index in [4.69, 9.17) is 15.3 Å². The van der Waals surface area contributed by atoms with Crippen LogP contribution in [0.2, 0.25) is 37.8 Å². The third kappa shape index (κ3) is 7.02. The molecule has 0 N–H and O–H groups in total. The fourth-order valence-corrected chi connectivity index (χ4v) is 10.5. The monoisotopic (exact) mass is 506 g/mol. The quantitative estimate of drug-likeness (QED) is 0.217. The number of rotatable bonds is 10.